The van der Waals surface area contributed by atoms with Crippen LogP contribution >= 0.6 is 0 Å². The highest BCUT2D eigenvalue weighted by atomic mass is 16.1. The van der Waals surface area contributed by atoms with Crippen molar-refractivity contribution in [2.24, 2.45) is 0 Å². The van der Waals surface area contributed by atoms with E-state index in [1.807, 2.05) is 25.1 Å². The van der Waals surface area contributed by atoms with Crippen LogP contribution in [0.2, 0.25) is 0 Å². The van der Waals surface area contributed by atoms with Crippen LogP contribution in [0.15, 0.2) is 48.7 Å². The van der Waals surface area contributed by atoms with Crippen molar-refractivity contribution in [2.75, 3.05) is 5.73 Å². The highest BCUT2D eigenvalue weighted by Crippen LogP contribution is 2.10. The summed E-state index contributed by atoms with van der Waals surface area (Å²) in [5.41, 5.74) is 7.64. The van der Waals surface area contributed by atoms with Crippen LogP contribution in [0.5, 0.6) is 0 Å². The molecule has 0 bridgehead atoms. The van der Waals surface area contributed by atoms with Gasteiger partial charge >= 0.3 is 0 Å². The van der Waals surface area contributed by atoms with E-state index in [1.165, 1.54) is 0 Å². The van der Waals surface area contributed by atoms with Gasteiger partial charge in [0.1, 0.15) is 0 Å². The Hall–Kier alpha value is -2.36. The molecule has 0 fully saturated rings. The fourth-order valence-electron chi connectivity index (χ4n) is 1.62. The normalized spacial score (nSPS) is 11.8. The first kappa shape index (κ1) is 12.1. The number of benzene rings is 1. The van der Waals surface area contributed by atoms with Gasteiger partial charge in [0.2, 0.25) is 0 Å². The van der Waals surface area contributed by atoms with Crippen LogP contribution in [-0.4, -0.2) is 10.9 Å². The van der Waals surface area contributed by atoms with Crippen molar-refractivity contribution in [2.45, 2.75) is 13.0 Å². The number of nitrogens with two attached hydrogens (primary N) is 1. The fourth-order valence-corrected chi connectivity index (χ4v) is 1.62. The minimum absolute atomic E-state index is 0.128. The van der Waals surface area contributed by atoms with Gasteiger partial charge in [-0.2, -0.15) is 0 Å². The molecule has 4 nitrogen and oxygen atoms in total. The van der Waals surface area contributed by atoms with Gasteiger partial charge in [-0.25, -0.2) is 0 Å². The fraction of sp³-hybridized carbons (Fsp3) is 0.143. The molecule has 0 spiro atoms. The molecule has 92 valence electrons. The number of nitrogens with zero attached hydrogens (tertiary/aromatic N) is 1. The lowest BCUT2D eigenvalue weighted by atomic mass is 10.1. The van der Waals surface area contributed by atoms with Crippen molar-refractivity contribution in [3.63, 3.8) is 0 Å². The number of hydrogen-bond donors (Lipinski definition) is 2. The van der Waals surface area contributed by atoms with Gasteiger partial charge in [0.15, 0.2) is 0 Å². The lowest BCUT2D eigenvalue weighted by Crippen LogP contribution is -2.27. The van der Waals surface area contributed by atoms with Crippen LogP contribution in [0.1, 0.15) is 29.0 Å². The Morgan fingerprint density at radius 2 is 1.94 bits per heavy atom. The van der Waals surface area contributed by atoms with Gasteiger partial charge in [0.05, 0.1) is 11.7 Å². The van der Waals surface area contributed by atoms with E-state index in [4.69, 9.17) is 5.73 Å². The van der Waals surface area contributed by atoms with Crippen molar-refractivity contribution in [1.29, 1.82) is 0 Å². The molecule has 18 heavy (non-hydrogen) atoms. The molecule has 1 amide bonds. The quantitative estimate of drug-likeness (QED) is 0.809. The van der Waals surface area contributed by atoms with E-state index in [1.54, 1.807) is 30.5 Å². The molecule has 0 aliphatic carbocycles. The summed E-state index contributed by atoms with van der Waals surface area (Å²) in [6, 6.07) is 12.3. The SMILES string of the molecule is C[C@@H](NC(=O)c1ccc(N)cc1)c1ccccn1. The summed E-state index contributed by atoms with van der Waals surface area (Å²) < 4.78 is 0. The van der Waals surface area contributed by atoms with Crippen molar-refractivity contribution in [1.82, 2.24) is 10.3 Å². The Labute approximate surface area is 106 Å². The maximum Gasteiger partial charge on any atom is 0.251 e. The van der Waals surface area contributed by atoms with Gasteiger partial charge in [0, 0.05) is 17.4 Å². The van der Waals surface area contributed by atoms with Crippen LogP contribution < -0.4 is 11.1 Å². The van der Waals surface area contributed by atoms with Crippen LogP contribution in [0.25, 0.3) is 0 Å². The Kier molecular flexibility index (Phi) is 3.57. The summed E-state index contributed by atoms with van der Waals surface area (Å²) in [5, 5.41) is 2.89. The number of amides is 1. The second kappa shape index (κ2) is 5.31. The highest BCUT2D eigenvalue weighted by molar-refractivity contribution is 5.94. The third-order valence-corrected chi connectivity index (χ3v) is 2.65. The van der Waals surface area contributed by atoms with Crippen LogP contribution in [0, 0.1) is 0 Å². The van der Waals surface area contributed by atoms with Crippen molar-refractivity contribution in [3.05, 3.63) is 59.9 Å². The van der Waals surface area contributed by atoms with E-state index in [9.17, 15) is 4.79 Å². The first-order valence-corrected chi connectivity index (χ1v) is 5.74. The molecular formula is C14H15N3O. The number of aromatic nitrogens is 1. The second-order valence-corrected chi connectivity index (χ2v) is 4.07. The third-order valence-electron chi connectivity index (χ3n) is 2.65. The molecule has 1 heterocycles. The van der Waals surface area contributed by atoms with Crippen molar-refractivity contribution >= 4 is 11.6 Å². The molecule has 0 saturated carbocycles. The average Bonchev–Trinajstić information content (AvgIpc) is 2.40. The molecular weight excluding hydrogens is 226 g/mol. The molecule has 2 rings (SSSR count). The Morgan fingerprint density at radius 3 is 2.56 bits per heavy atom. The van der Waals surface area contributed by atoms with E-state index in [-0.39, 0.29) is 11.9 Å². The van der Waals surface area contributed by atoms with Gasteiger partial charge in [-0.15, -0.1) is 0 Å². The van der Waals surface area contributed by atoms with Gasteiger partial charge in [0.25, 0.3) is 5.91 Å². The van der Waals surface area contributed by atoms with Crippen molar-refractivity contribution < 1.29 is 4.79 Å². The molecule has 2 aromatic rings. The number of carbonyl (C=O) groups is 1. The molecule has 4 heteroatoms. The molecule has 1 aromatic carbocycles. The second-order valence-electron chi connectivity index (χ2n) is 4.07. The van der Waals surface area contributed by atoms with E-state index in [0.29, 0.717) is 11.3 Å². The van der Waals surface area contributed by atoms with Crippen LogP contribution in [0.3, 0.4) is 0 Å². The highest BCUT2D eigenvalue weighted by Gasteiger charge is 2.11. The summed E-state index contributed by atoms with van der Waals surface area (Å²) in [6.45, 7) is 1.90. The number of nitrogen functional groups attached to an aromatic ring is 1. The van der Waals surface area contributed by atoms with Gasteiger partial charge < -0.3 is 11.1 Å². The molecule has 3 N–H and O–H groups in total. The summed E-state index contributed by atoms with van der Waals surface area (Å²) in [7, 11) is 0. The Bertz CT molecular complexity index is 522. The van der Waals surface area contributed by atoms with E-state index < -0.39 is 0 Å². The lowest BCUT2D eigenvalue weighted by Gasteiger charge is -2.13. The molecule has 1 aromatic heterocycles. The number of nitrogens with one attached hydrogen (secondary N) is 1. The predicted molar refractivity (Wildman–Crippen MR) is 71.0 cm³/mol. The van der Waals surface area contributed by atoms with Gasteiger partial charge in [-0.3, -0.25) is 9.78 Å². The number of anilines is 1. The molecule has 0 radical (unpaired) electrons. The number of rotatable bonds is 3. The minimum atomic E-state index is -0.131. The zero-order valence-electron chi connectivity index (χ0n) is 10.1. The van der Waals surface area contributed by atoms with Gasteiger partial charge in [-0.1, -0.05) is 6.07 Å². The van der Waals surface area contributed by atoms with Crippen LogP contribution in [0.4, 0.5) is 5.69 Å². The first-order valence-electron chi connectivity index (χ1n) is 5.74. The smallest absolute Gasteiger partial charge is 0.251 e. The maximum absolute atomic E-state index is 12.0. The molecule has 0 aliphatic rings. The minimum Gasteiger partial charge on any atom is -0.399 e. The summed E-state index contributed by atoms with van der Waals surface area (Å²) in [4.78, 5) is 16.2. The molecule has 0 aliphatic heterocycles. The third kappa shape index (κ3) is 2.85. The van der Waals surface area contributed by atoms with Crippen LogP contribution in [-0.2, 0) is 0 Å². The van der Waals surface area contributed by atoms with Crippen molar-refractivity contribution in [3.8, 4) is 0 Å². The summed E-state index contributed by atoms with van der Waals surface area (Å²) in [6.07, 6.45) is 1.71. The zero-order chi connectivity index (χ0) is 13.0. The standard InChI is InChI=1S/C14H15N3O/c1-10(13-4-2-3-9-16-13)17-14(18)11-5-7-12(15)8-6-11/h2-10H,15H2,1H3,(H,17,18)/t10-/m1/s1. The number of pyridine rings is 1. The van der Waals surface area contributed by atoms with E-state index >= 15 is 0 Å². The predicted octanol–water partition coefficient (Wildman–Crippen LogP) is 2.15. The van der Waals surface area contributed by atoms with E-state index in [0.717, 1.165) is 5.69 Å². The summed E-state index contributed by atoms with van der Waals surface area (Å²) >= 11 is 0. The topological polar surface area (TPSA) is 68.0 Å². The monoisotopic (exact) mass is 241 g/mol. The molecule has 0 saturated heterocycles. The number of hydrogen-bond acceptors (Lipinski definition) is 3. The molecule has 0 unspecified atom stereocenters. The first-order chi connectivity index (χ1) is 8.66. The zero-order valence-corrected chi connectivity index (χ0v) is 10.1. The van der Waals surface area contributed by atoms with Gasteiger partial charge in [-0.05, 0) is 43.3 Å². The Morgan fingerprint density at radius 1 is 1.22 bits per heavy atom. The lowest BCUT2D eigenvalue weighted by molar-refractivity contribution is 0.0939. The summed E-state index contributed by atoms with van der Waals surface area (Å²) in [5.74, 6) is -0.131. The number of carbonyl (C=O) groups excluding carboxylic acids is 1. The maximum atomic E-state index is 12.0. The largest absolute Gasteiger partial charge is 0.399 e. The average molecular weight is 241 g/mol. The Balaban J connectivity index is 2.06. The van der Waals surface area contributed by atoms with E-state index in [2.05, 4.69) is 10.3 Å². The molecule has 1 atom stereocenters.